The van der Waals surface area contributed by atoms with Crippen LogP contribution in [-0.2, 0) is 0 Å². The van der Waals surface area contributed by atoms with Crippen LogP contribution in [0.15, 0.2) is 41.4 Å². The maximum atomic E-state index is 6.06. The topological polar surface area (TPSA) is 24.8 Å². The SMILES string of the molecule is CCN(C)C=Nc1cc(C)c(Oc2ccccc2C)cc1C. The van der Waals surface area contributed by atoms with E-state index in [0.29, 0.717) is 0 Å². The molecule has 0 atom stereocenters. The van der Waals surface area contributed by atoms with Gasteiger partial charge in [-0.05, 0) is 62.6 Å². The van der Waals surface area contributed by atoms with Gasteiger partial charge in [-0.15, -0.1) is 0 Å². The Hall–Kier alpha value is -2.29. The lowest BCUT2D eigenvalue weighted by Gasteiger charge is -2.13. The van der Waals surface area contributed by atoms with Crippen molar-refractivity contribution in [3.63, 3.8) is 0 Å². The Morgan fingerprint density at radius 2 is 1.73 bits per heavy atom. The van der Waals surface area contributed by atoms with Gasteiger partial charge in [0, 0.05) is 13.6 Å². The molecule has 2 aromatic rings. The number of ether oxygens (including phenoxy) is 1. The second-order valence-electron chi connectivity index (χ2n) is 5.59. The lowest BCUT2D eigenvalue weighted by atomic mass is 10.1. The molecule has 116 valence electrons. The fourth-order valence-electron chi connectivity index (χ4n) is 2.06. The number of hydrogen-bond acceptors (Lipinski definition) is 2. The molecule has 0 bridgehead atoms. The van der Waals surface area contributed by atoms with E-state index >= 15 is 0 Å². The van der Waals surface area contributed by atoms with Gasteiger partial charge in [-0.2, -0.15) is 0 Å². The molecule has 0 saturated carbocycles. The molecular formula is C19H24N2O. The van der Waals surface area contributed by atoms with Crippen molar-refractivity contribution in [2.24, 2.45) is 4.99 Å². The van der Waals surface area contributed by atoms with Gasteiger partial charge < -0.3 is 9.64 Å². The lowest BCUT2D eigenvalue weighted by molar-refractivity contribution is 0.475. The average molecular weight is 296 g/mol. The van der Waals surface area contributed by atoms with Gasteiger partial charge in [0.15, 0.2) is 0 Å². The van der Waals surface area contributed by atoms with Crippen molar-refractivity contribution in [2.45, 2.75) is 27.7 Å². The number of para-hydroxylation sites is 1. The molecule has 0 aromatic heterocycles. The van der Waals surface area contributed by atoms with Crippen LogP contribution in [0.4, 0.5) is 5.69 Å². The Labute approximate surface area is 133 Å². The van der Waals surface area contributed by atoms with Gasteiger partial charge in [-0.1, -0.05) is 18.2 Å². The molecule has 0 spiro atoms. The molecule has 3 heteroatoms. The fraction of sp³-hybridized carbons (Fsp3) is 0.316. The Kier molecular flexibility index (Phi) is 5.21. The highest BCUT2D eigenvalue weighted by Gasteiger charge is 2.07. The molecule has 0 unspecified atom stereocenters. The predicted molar refractivity (Wildman–Crippen MR) is 93.6 cm³/mol. The molecule has 2 rings (SSSR count). The van der Waals surface area contributed by atoms with Gasteiger partial charge in [-0.3, -0.25) is 0 Å². The van der Waals surface area contributed by atoms with Crippen molar-refractivity contribution in [2.75, 3.05) is 13.6 Å². The first-order chi connectivity index (χ1) is 10.5. The highest BCUT2D eigenvalue weighted by molar-refractivity contribution is 5.64. The molecule has 0 aliphatic carbocycles. The van der Waals surface area contributed by atoms with Crippen LogP contribution in [0.3, 0.4) is 0 Å². The summed E-state index contributed by atoms with van der Waals surface area (Å²) in [5, 5.41) is 0. The van der Waals surface area contributed by atoms with Crippen LogP contribution in [0.2, 0.25) is 0 Å². The molecule has 0 heterocycles. The van der Waals surface area contributed by atoms with Crippen LogP contribution in [-0.4, -0.2) is 24.8 Å². The summed E-state index contributed by atoms with van der Waals surface area (Å²) in [6.07, 6.45) is 1.86. The highest BCUT2D eigenvalue weighted by Crippen LogP contribution is 2.32. The zero-order chi connectivity index (χ0) is 16.1. The van der Waals surface area contributed by atoms with Crippen molar-refractivity contribution < 1.29 is 4.74 Å². The lowest BCUT2D eigenvalue weighted by Crippen LogP contribution is -2.14. The molecule has 0 fully saturated rings. The third kappa shape index (κ3) is 3.88. The van der Waals surface area contributed by atoms with E-state index in [2.05, 4.69) is 50.9 Å². The molecule has 3 nitrogen and oxygen atoms in total. The molecule has 2 aromatic carbocycles. The average Bonchev–Trinajstić information content (AvgIpc) is 2.51. The standard InChI is InChI=1S/C19H24N2O/c1-6-21(5)13-20-17-11-16(4)19(12-15(17)3)22-18-10-8-7-9-14(18)2/h7-13H,6H2,1-5H3. The molecule has 22 heavy (non-hydrogen) atoms. The number of nitrogens with zero attached hydrogens (tertiary/aromatic N) is 2. The monoisotopic (exact) mass is 296 g/mol. The van der Waals surface area contributed by atoms with Crippen LogP contribution in [0.1, 0.15) is 23.6 Å². The van der Waals surface area contributed by atoms with E-state index < -0.39 is 0 Å². The number of aryl methyl sites for hydroxylation is 3. The molecule has 0 radical (unpaired) electrons. The zero-order valence-corrected chi connectivity index (χ0v) is 14.1. The van der Waals surface area contributed by atoms with Gasteiger partial charge in [-0.25, -0.2) is 4.99 Å². The van der Waals surface area contributed by atoms with E-state index in [1.54, 1.807) is 0 Å². The molecular weight excluding hydrogens is 272 g/mol. The summed E-state index contributed by atoms with van der Waals surface area (Å²) in [7, 11) is 2.02. The van der Waals surface area contributed by atoms with E-state index in [1.165, 1.54) is 0 Å². The summed E-state index contributed by atoms with van der Waals surface area (Å²) < 4.78 is 6.06. The van der Waals surface area contributed by atoms with Crippen LogP contribution in [0.25, 0.3) is 0 Å². The van der Waals surface area contributed by atoms with E-state index in [-0.39, 0.29) is 0 Å². The Balaban J connectivity index is 2.27. The molecule has 0 N–H and O–H groups in total. The second-order valence-corrected chi connectivity index (χ2v) is 5.59. The van der Waals surface area contributed by atoms with Gasteiger partial charge in [0.25, 0.3) is 0 Å². The van der Waals surface area contributed by atoms with Gasteiger partial charge >= 0.3 is 0 Å². The minimum Gasteiger partial charge on any atom is -0.457 e. The van der Waals surface area contributed by atoms with Crippen molar-refractivity contribution in [3.8, 4) is 11.5 Å². The van der Waals surface area contributed by atoms with Crippen LogP contribution in [0, 0.1) is 20.8 Å². The first-order valence-electron chi connectivity index (χ1n) is 7.60. The summed E-state index contributed by atoms with van der Waals surface area (Å²) in [5.41, 5.74) is 4.30. The maximum absolute atomic E-state index is 6.06. The summed E-state index contributed by atoms with van der Waals surface area (Å²) in [6.45, 7) is 9.20. The number of hydrogen-bond donors (Lipinski definition) is 0. The van der Waals surface area contributed by atoms with Crippen molar-refractivity contribution in [3.05, 3.63) is 53.1 Å². The van der Waals surface area contributed by atoms with Crippen molar-refractivity contribution in [1.82, 2.24) is 4.90 Å². The number of benzene rings is 2. The smallest absolute Gasteiger partial charge is 0.130 e. The van der Waals surface area contributed by atoms with Crippen LogP contribution in [0.5, 0.6) is 11.5 Å². The normalized spacial score (nSPS) is 11.0. The minimum atomic E-state index is 0.884. The third-order valence-corrected chi connectivity index (χ3v) is 3.70. The van der Waals surface area contributed by atoms with E-state index in [0.717, 1.165) is 40.4 Å². The minimum absolute atomic E-state index is 0.884. The van der Waals surface area contributed by atoms with Gasteiger partial charge in [0.2, 0.25) is 0 Å². The van der Waals surface area contributed by atoms with Crippen LogP contribution >= 0.6 is 0 Å². The zero-order valence-electron chi connectivity index (χ0n) is 14.1. The molecule has 0 aliphatic heterocycles. The van der Waals surface area contributed by atoms with E-state index in [4.69, 9.17) is 4.74 Å². The second kappa shape index (κ2) is 7.12. The van der Waals surface area contributed by atoms with Crippen molar-refractivity contribution >= 4 is 12.0 Å². The Morgan fingerprint density at radius 1 is 1.00 bits per heavy atom. The summed E-state index contributed by atoms with van der Waals surface area (Å²) >= 11 is 0. The fourth-order valence-corrected chi connectivity index (χ4v) is 2.06. The van der Waals surface area contributed by atoms with E-state index in [1.807, 2.05) is 36.5 Å². The van der Waals surface area contributed by atoms with Gasteiger partial charge in [0.1, 0.15) is 11.5 Å². The number of aliphatic imine (C=N–C) groups is 1. The largest absolute Gasteiger partial charge is 0.457 e. The van der Waals surface area contributed by atoms with Crippen LogP contribution < -0.4 is 4.74 Å². The summed E-state index contributed by atoms with van der Waals surface area (Å²) in [4.78, 5) is 6.60. The highest BCUT2D eigenvalue weighted by atomic mass is 16.5. The summed E-state index contributed by atoms with van der Waals surface area (Å²) in [5.74, 6) is 1.78. The molecule has 0 saturated heterocycles. The first-order valence-corrected chi connectivity index (χ1v) is 7.60. The van der Waals surface area contributed by atoms with Crippen molar-refractivity contribution in [1.29, 1.82) is 0 Å². The first kappa shape index (κ1) is 16.1. The maximum Gasteiger partial charge on any atom is 0.130 e. The van der Waals surface area contributed by atoms with Gasteiger partial charge in [0.05, 0.1) is 12.0 Å². The predicted octanol–water partition coefficient (Wildman–Crippen LogP) is 5.02. The molecule has 0 amide bonds. The Morgan fingerprint density at radius 3 is 2.41 bits per heavy atom. The quantitative estimate of drug-likeness (QED) is 0.572. The Bertz CT molecular complexity index is 677. The number of rotatable bonds is 5. The third-order valence-electron chi connectivity index (χ3n) is 3.70. The molecule has 0 aliphatic rings. The van der Waals surface area contributed by atoms with E-state index in [9.17, 15) is 0 Å². The summed E-state index contributed by atoms with van der Waals surface area (Å²) in [6, 6.07) is 12.2.